The van der Waals surface area contributed by atoms with Crippen molar-refractivity contribution in [1.29, 1.82) is 0 Å². The minimum Gasteiger partial charge on any atom is -0.494 e. The Morgan fingerprint density at radius 1 is 1.19 bits per heavy atom. The van der Waals surface area contributed by atoms with Gasteiger partial charge in [-0.25, -0.2) is 4.99 Å². The zero-order valence-electron chi connectivity index (χ0n) is 16.3. The summed E-state index contributed by atoms with van der Waals surface area (Å²) in [5.41, 5.74) is 0.883. The number of guanidine groups is 1. The molecule has 0 radical (unpaired) electrons. The lowest BCUT2D eigenvalue weighted by molar-refractivity contribution is 0.318. The summed E-state index contributed by atoms with van der Waals surface area (Å²) in [6, 6.07) is 7.93. The standard InChI is InChI=1S/C19H29N5O2/c1-6-20-18(21-12-14-10-8-9-11-15(14)25-7-2)22-13-16-23-17(26-24-16)19(3,4)5/h8-11H,6-7,12-13H2,1-5H3,(H2,20,21,22). The van der Waals surface area contributed by atoms with Gasteiger partial charge in [-0.2, -0.15) is 4.98 Å². The SMILES string of the molecule is CCNC(=NCc1ccccc1OCC)NCc1noc(C(C)(C)C)n1. The third-order valence-electron chi connectivity index (χ3n) is 3.55. The van der Waals surface area contributed by atoms with Gasteiger partial charge in [-0.05, 0) is 19.9 Å². The highest BCUT2D eigenvalue weighted by Gasteiger charge is 2.21. The molecule has 7 heteroatoms. The van der Waals surface area contributed by atoms with Crippen molar-refractivity contribution in [2.75, 3.05) is 13.2 Å². The van der Waals surface area contributed by atoms with Gasteiger partial charge in [-0.1, -0.05) is 44.1 Å². The van der Waals surface area contributed by atoms with Crippen LogP contribution < -0.4 is 15.4 Å². The number of aromatic nitrogens is 2. The molecule has 1 heterocycles. The average molecular weight is 359 g/mol. The maximum Gasteiger partial charge on any atom is 0.232 e. The second-order valence-corrected chi connectivity index (χ2v) is 6.86. The van der Waals surface area contributed by atoms with E-state index >= 15 is 0 Å². The van der Waals surface area contributed by atoms with Gasteiger partial charge in [0.2, 0.25) is 5.89 Å². The molecule has 0 unspecified atom stereocenters. The molecule has 0 bridgehead atoms. The second kappa shape index (κ2) is 9.22. The van der Waals surface area contributed by atoms with E-state index in [0.717, 1.165) is 17.9 Å². The largest absolute Gasteiger partial charge is 0.494 e. The lowest BCUT2D eigenvalue weighted by Crippen LogP contribution is -2.37. The number of nitrogens with one attached hydrogen (secondary N) is 2. The number of nitrogens with zero attached hydrogens (tertiary/aromatic N) is 3. The zero-order chi connectivity index (χ0) is 19.0. The third kappa shape index (κ3) is 5.75. The maximum atomic E-state index is 5.65. The smallest absolute Gasteiger partial charge is 0.232 e. The molecule has 0 spiro atoms. The summed E-state index contributed by atoms with van der Waals surface area (Å²) in [6.07, 6.45) is 0. The van der Waals surface area contributed by atoms with Gasteiger partial charge in [-0.3, -0.25) is 0 Å². The summed E-state index contributed by atoms with van der Waals surface area (Å²) in [5.74, 6) is 2.79. The average Bonchev–Trinajstić information content (AvgIpc) is 3.08. The van der Waals surface area contributed by atoms with Crippen LogP contribution in [-0.2, 0) is 18.5 Å². The van der Waals surface area contributed by atoms with Crippen molar-refractivity contribution in [3.8, 4) is 5.75 Å². The fraction of sp³-hybridized carbons (Fsp3) is 0.526. The fourth-order valence-corrected chi connectivity index (χ4v) is 2.23. The van der Waals surface area contributed by atoms with Crippen LogP contribution in [0.15, 0.2) is 33.8 Å². The van der Waals surface area contributed by atoms with Gasteiger partial charge >= 0.3 is 0 Å². The van der Waals surface area contributed by atoms with Gasteiger partial charge in [0.05, 0.1) is 19.7 Å². The lowest BCUT2D eigenvalue weighted by atomic mass is 9.97. The molecule has 0 saturated carbocycles. The first-order valence-electron chi connectivity index (χ1n) is 9.00. The van der Waals surface area contributed by atoms with Gasteiger partial charge in [0.15, 0.2) is 11.8 Å². The van der Waals surface area contributed by atoms with Gasteiger partial charge in [0, 0.05) is 17.5 Å². The van der Waals surface area contributed by atoms with Crippen molar-refractivity contribution in [2.45, 2.75) is 53.1 Å². The van der Waals surface area contributed by atoms with Crippen LogP contribution in [-0.4, -0.2) is 29.3 Å². The van der Waals surface area contributed by atoms with E-state index in [2.05, 4.69) is 25.8 Å². The van der Waals surface area contributed by atoms with Crippen LogP contribution in [0.3, 0.4) is 0 Å². The molecule has 0 aliphatic heterocycles. The van der Waals surface area contributed by atoms with E-state index in [9.17, 15) is 0 Å². The first kappa shape index (κ1) is 19.8. The molecule has 0 amide bonds. The van der Waals surface area contributed by atoms with Crippen molar-refractivity contribution >= 4 is 5.96 Å². The number of benzene rings is 1. The highest BCUT2D eigenvalue weighted by Crippen LogP contribution is 2.20. The summed E-state index contributed by atoms with van der Waals surface area (Å²) in [4.78, 5) is 9.05. The number of aliphatic imine (C=N–C) groups is 1. The summed E-state index contributed by atoms with van der Waals surface area (Å²) < 4.78 is 11.0. The Kier molecular flexibility index (Phi) is 7.00. The number of ether oxygens (including phenoxy) is 1. The molecule has 142 valence electrons. The predicted molar refractivity (Wildman–Crippen MR) is 102 cm³/mol. The van der Waals surface area contributed by atoms with E-state index < -0.39 is 0 Å². The van der Waals surface area contributed by atoms with E-state index in [-0.39, 0.29) is 5.41 Å². The van der Waals surface area contributed by atoms with Crippen LogP contribution in [0, 0.1) is 0 Å². The van der Waals surface area contributed by atoms with E-state index in [1.165, 1.54) is 0 Å². The van der Waals surface area contributed by atoms with Crippen LogP contribution in [0.1, 0.15) is 51.9 Å². The predicted octanol–water partition coefficient (Wildman–Crippen LogP) is 3.02. The Bertz CT molecular complexity index is 719. The number of hydrogen-bond acceptors (Lipinski definition) is 5. The van der Waals surface area contributed by atoms with Crippen molar-refractivity contribution in [2.24, 2.45) is 4.99 Å². The molecule has 1 aromatic heterocycles. The molecule has 2 rings (SSSR count). The van der Waals surface area contributed by atoms with Crippen LogP contribution in [0.5, 0.6) is 5.75 Å². The molecule has 2 aromatic rings. The molecule has 1 aromatic carbocycles. The van der Waals surface area contributed by atoms with E-state index in [1.807, 2.05) is 58.9 Å². The molecule has 2 N–H and O–H groups in total. The van der Waals surface area contributed by atoms with E-state index in [1.54, 1.807) is 0 Å². The normalized spacial score (nSPS) is 12.1. The molecule has 0 fully saturated rings. The fourth-order valence-electron chi connectivity index (χ4n) is 2.23. The van der Waals surface area contributed by atoms with Crippen molar-refractivity contribution in [3.05, 3.63) is 41.5 Å². The summed E-state index contributed by atoms with van der Waals surface area (Å²) >= 11 is 0. The Balaban J connectivity index is 2.02. The van der Waals surface area contributed by atoms with Crippen LogP contribution in [0.25, 0.3) is 0 Å². The molecule has 0 saturated heterocycles. The van der Waals surface area contributed by atoms with Crippen LogP contribution in [0.4, 0.5) is 0 Å². The van der Waals surface area contributed by atoms with E-state index in [0.29, 0.717) is 37.4 Å². The van der Waals surface area contributed by atoms with Crippen molar-refractivity contribution in [3.63, 3.8) is 0 Å². The van der Waals surface area contributed by atoms with Crippen LogP contribution in [0.2, 0.25) is 0 Å². The van der Waals surface area contributed by atoms with Gasteiger partial charge < -0.3 is 19.9 Å². The Morgan fingerprint density at radius 2 is 1.96 bits per heavy atom. The number of para-hydroxylation sites is 1. The molecule has 0 aliphatic carbocycles. The van der Waals surface area contributed by atoms with Crippen molar-refractivity contribution in [1.82, 2.24) is 20.8 Å². The maximum absolute atomic E-state index is 5.65. The van der Waals surface area contributed by atoms with Gasteiger partial charge in [0.1, 0.15) is 5.75 Å². The molecular formula is C19H29N5O2. The molecule has 0 aliphatic rings. The molecular weight excluding hydrogens is 330 g/mol. The molecule has 0 atom stereocenters. The topological polar surface area (TPSA) is 84.6 Å². The Morgan fingerprint density at radius 3 is 2.62 bits per heavy atom. The first-order valence-corrected chi connectivity index (χ1v) is 9.00. The Labute approximate surface area is 155 Å². The molecule has 26 heavy (non-hydrogen) atoms. The number of hydrogen-bond donors (Lipinski definition) is 2. The summed E-state index contributed by atoms with van der Waals surface area (Å²) in [5, 5.41) is 10.5. The second-order valence-electron chi connectivity index (χ2n) is 6.86. The molecule has 7 nitrogen and oxygen atoms in total. The highest BCUT2D eigenvalue weighted by atomic mass is 16.5. The van der Waals surface area contributed by atoms with E-state index in [4.69, 9.17) is 9.26 Å². The van der Waals surface area contributed by atoms with Gasteiger partial charge in [-0.15, -0.1) is 0 Å². The summed E-state index contributed by atoms with van der Waals surface area (Å²) in [6.45, 7) is 12.5. The minimum absolute atomic E-state index is 0.160. The highest BCUT2D eigenvalue weighted by molar-refractivity contribution is 5.79. The zero-order valence-corrected chi connectivity index (χ0v) is 16.3. The number of rotatable bonds is 7. The Hall–Kier alpha value is -2.57. The third-order valence-corrected chi connectivity index (χ3v) is 3.55. The summed E-state index contributed by atoms with van der Waals surface area (Å²) in [7, 11) is 0. The van der Waals surface area contributed by atoms with Crippen molar-refractivity contribution < 1.29 is 9.26 Å². The lowest BCUT2D eigenvalue weighted by Gasteiger charge is -2.12. The minimum atomic E-state index is -0.160. The monoisotopic (exact) mass is 359 g/mol. The van der Waals surface area contributed by atoms with Crippen LogP contribution >= 0.6 is 0 Å². The quantitative estimate of drug-likeness (QED) is 0.584. The first-order chi connectivity index (χ1) is 12.4. The van der Waals surface area contributed by atoms with Gasteiger partial charge in [0.25, 0.3) is 0 Å².